The van der Waals surface area contributed by atoms with E-state index in [0.717, 1.165) is 0 Å². The summed E-state index contributed by atoms with van der Waals surface area (Å²) in [5.41, 5.74) is -0.0874. The van der Waals surface area contributed by atoms with Crippen molar-refractivity contribution >= 4 is 28.5 Å². The first-order valence-electron chi connectivity index (χ1n) is 7.53. The van der Waals surface area contributed by atoms with Gasteiger partial charge in [-0.25, -0.2) is 4.79 Å². The van der Waals surface area contributed by atoms with Gasteiger partial charge in [-0.15, -0.1) is 0 Å². The molecule has 0 aliphatic carbocycles. The van der Waals surface area contributed by atoms with Crippen LogP contribution in [-0.4, -0.2) is 32.1 Å². The van der Waals surface area contributed by atoms with Crippen molar-refractivity contribution in [2.24, 2.45) is 0 Å². The minimum Gasteiger partial charge on any atom is -0.501 e. The van der Waals surface area contributed by atoms with Gasteiger partial charge in [0, 0.05) is 24.6 Å². The lowest BCUT2D eigenvalue weighted by atomic mass is 10.2. The number of hydrogen-bond acceptors (Lipinski definition) is 7. The quantitative estimate of drug-likeness (QED) is 0.310. The van der Waals surface area contributed by atoms with E-state index in [4.69, 9.17) is 5.11 Å². The smallest absolute Gasteiger partial charge is 0.339 e. The Hall–Kier alpha value is -4.01. The first-order chi connectivity index (χ1) is 12.8. The predicted molar refractivity (Wildman–Crippen MR) is 94.8 cm³/mol. The molecule has 0 saturated heterocycles. The van der Waals surface area contributed by atoms with E-state index in [-0.39, 0.29) is 28.3 Å². The fourth-order valence-corrected chi connectivity index (χ4v) is 2.15. The van der Waals surface area contributed by atoms with Crippen molar-refractivity contribution in [3.63, 3.8) is 0 Å². The fourth-order valence-electron chi connectivity index (χ4n) is 2.15. The van der Waals surface area contributed by atoms with Crippen LogP contribution in [0, 0.1) is 10.1 Å². The molecule has 3 aromatic rings. The number of benzene rings is 2. The summed E-state index contributed by atoms with van der Waals surface area (Å²) in [4.78, 5) is 34.9. The van der Waals surface area contributed by atoms with E-state index in [9.17, 15) is 24.8 Å². The summed E-state index contributed by atoms with van der Waals surface area (Å²) < 4.78 is 4.69. The molecule has 2 aromatic carbocycles. The van der Waals surface area contributed by atoms with Gasteiger partial charge in [0.2, 0.25) is 5.75 Å². The largest absolute Gasteiger partial charge is 0.501 e. The van der Waals surface area contributed by atoms with Crippen molar-refractivity contribution in [3.8, 4) is 11.5 Å². The average molecular weight is 370 g/mol. The Morgan fingerprint density at radius 1 is 1.11 bits per heavy atom. The fraction of sp³-hybridized carbons (Fsp3) is 0.0556. The van der Waals surface area contributed by atoms with Crippen LogP contribution >= 0.6 is 0 Å². The zero-order chi connectivity index (χ0) is 20.0. The summed E-state index contributed by atoms with van der Waals surface area (Å²) in [6, 6.07) is 12.2. The monoisotopic (exact) mass is 370 g/mol. The molecule has 0 fully saturated rings. The molecule has 0 amide bonds. The molecular formula is C18H14N2O7. The molecule has 27 heavy (non-hydrogen) atoms. The van der Waals surface area contributed by atoms with Gasteiger partial charge in [0.15, 0.2) is 0 Å². The molecule has 0 saturated carbocycles. The molecule has 9 heteroatoms. The predicted octanol–water partition coefficient (Wildman–Crippen LogP) is 3.16. The van der Waals surface area contributed by atoms with Crippen LogP contribution in [0.4, 0.5) is 5.69 Å². The highest BCUT2D eigenvalue weighted by Crippen LogP contribution is 2.32. The van der Waals surface area contributed by atoms with Gasteiger partial charge in [-0.1, -0.05) is 18.2 Å². The molecule has 0 unspecified atom stereocenters. The second-order valence-corrected chi connectivity index (χ2v) is 5.16. The molecule has 1 heterocycles. The van der Waals surface area contributed by atoms with Gasteiger partial charge >= 0.3 is 17.6 Å². The number of aromatic nitrogens is 1. The number of carboxylic acid groups (broad SMARTS) is 1. The number of aromatic carboxylic acids is 1. The Balaban J connectivity index is 0.000000194. The third-order valence-corrected chi connectivity index (χ3v) is 3.29. The summed E-state index contributed by atoms with van der Waals surface area (Å²) >= 11 is 0. The number of nitro benzene ring substituents is 1. The summed E-state index contributed by atoms with van der Waals surface area (Å²) in [7, 11) is 0. The molecule has 0 atom stereocenters. The number of carbonyl (C=O) groups is 2. The van der Waals surface area contributed by atoms with Crippen LogP contribution in [0.15, 0.2) is 54.7 Å². The van der Waals surface area contributed by atoms with Crippen molar-refractivity contribution < 1.29 is 29.5 Å². The average Bonchev–Trinajstić information content (AvgIpc) is 2.62. The van der Waals surface area contributed by atoms with Crippen molar-refractivity contribution in [2.45, 2.75) is 6.92 Å². The minimum absolute atomic E-state index is 0.0160. The number of nitro groups is 1. The normalized spacial score (nSPS) is 9.81. The molecule has 0 radical (unpaired) electrons. The van der Waals surface area contributed by atoms with Gasteiger partial charge in [-0.3, -0.25) is 19.9 Å². The number of nitrogens with zero attached hydrogens (tertiary/aromatic N) is 2. The lowest BCUT2D eigenvalue weighted by molar-refractivity contribution is -0.385. The summed E-state index contributed by atoms with van der Waals surface area (Å²) in [6.07, 6.45) is 1.48. The van der Waals surface area contributed by atoms with E-state index in [2.05, 4.69) is 9.72 Å². The Morgan fingerprint density at radius 3 is 2.44 bits per heavy atom. The number of para-hydroxylation sites is 1. The van der Waals surface area contributed by atoms with Crippen molar-refractivity contribution in [3.05, 3.63) is 70.4 Å². The molecule has 138 valence electrons. The van der Waals surface area contributed by atoms with Crippen molar-refractivity contribution in [2.75, 3.05) is 0 Å². The van der Waals surface area contributed by atoms with E-state index < -0.39 is 16.9 Å². The van der Waals surface area contributed by atoms with Gasteiger partial charge in [0.25, 0.3) is 0 Å². The van der Waals surface area contributed by atoms with Crippen LogP contribution < -0.4 is 4.74 Å². The number of esters is 1. The number of pyridine rings is 1. The zero-order valence-corrected chi connectivity index (χ0v) is 14.0. The van der Waals surface area contributed by atoms with Crippen LogP contribution in [0.3, 0.4) is 0 Å². The molecular weight excluding hydrogens is 356 g/mol. The molecule has 0 spiro atoms. The Kier molecular flexibility index (Phi) is 6.00. The van der Waals surface area contributed by atoms with E-state index in [1.54, 1.807) is 30.3 Å². The van der Waals surface area contributed by atoms with Gasteiger partial charge in [0.05, 0.1) is 4.92 Å². The zero-order valence-electron chi connectivity index (χ0n) is 14.0. The first kappa shape index (κ1) is 19.3. The van der Waals surface area contributed by atoms with E-state index in [1.165, 1.54) is 31.3 Å². The second-order valence-electron chi connectivity index (χ2n) is 5.16. The van der Waals surface area contributed by atoms with E-state index in [0.29, 0.717) is 5.39 Å². The van der Waals surface area contributed by atoms with Gasteiger partial charge < -0.3 is 14.9 Å². The summed E-state index contributed by atoms with van der Waals surface area (Å²) in [5.74, 6) is -1.96. The maximum absolute atomic E-state index is 10.6. The maximum atomic E-state index is 10.6. The Morgan fingerprint density at radius 2 is 1.81 bits per heavy atom. The SMILES string of the molecule is CC(=O)Oc1ccccc1C(=O)O.O=[N+]([O-])c1ccc2cccnc2c1O. The number of phenols is 1. The number of phenolic OH excluding ortho intramolecular Hbond substituents is 1. The third-order valence-electron chi connectivity index (χ3n) is 3.29. The number of fused-ring (bicyclic) bond motifs is 1. The van der Waals surface area contributed by atoms with Gasteiger partial charge in [-0.2, -0.15) is 0 Å². The van der Waals surface area contributed by atoms with Crippen molar-refractivity contribution in [1.29, 1.82) is 0 Å². The number of aromatic hydroxyl groups is 1. The highest BCUT2D eigenvalue weighted by molar-refractivity contribution is 5.91. The number of carbonyl (C=O) groups excluding carboxylic acids is 1. The number of rotatable bonds is 3. The molecule has 9 nitrogen and oxygen atoms in total. The van der Waals surface area contributed by atoms with Crippen LogP contribution in [0.1, 0.15) is 17.3 Å². The number of ether oxygens (including phenoxy) is 1. The van der Waals surface area contributed by atoms with Crippen molar-refractivity contribution in [1.82, 2.24) is 4.98 Å². The highest BCUT2D eigenvalue weighted by atomic mass is 16.6. The minimum atomic E-state index is -1.11. The molecule has 1 aromatic heterocycles. The van der Waals surface area contributed by atoms with E-state index in [1.807, 2.05) is 0 Å². The summed E-state index contributed by atoms with van der Waals surface area (Å²) in [5, 5.41) is 29.4. The second kappa shape index (κ2) is 8.39. The van der Waals surface area contributed by atoms with Crippen LogP contribution in [-0.2, 0) is 4.79 Å². The first-order valence-corrected chi connectivity index (χ1v) is 7.53. The van der Waals surface area contributed by atoms with Gasteiger partial charge in [0.1, 0.15) is 16.8 Å². The third kappa shape index (κ3) is 4.75. The van der Waals surface area contributed by atoms with Crippen LogP contribution in [0.5, 0.6) is 11.5 Å². The molecule has 0 aliphatic heterocycles. The Bertz CT molecular complexity index is 1020. The topological polar surface area (TPSA) is 140 Å². The summed E-state index contributed by atoms with van der Waals surface area (Å²) in [6.45, 7) is 1.22. The lowest BCUT2D eigenvalue weighted by Crippen LogP contribution is -2.06. The molecule has 3 rings (SSSR count). The van der Waals surface area contributed by atoms with Gasteiger partial charge in [-0.05, 0) is 24.3 Å². The standard InChI is InChI=1S/C9H6N2O3.C9H8O4/c12-9-7(11(13)14)4-3-6-2-1-5-10-8(6)9;1-6(10)13-8-5-3-2-4-7(8)9(11)12/h1-5,12H;2-5H,1H3,(H,11,12). The molecule has 2 N–H and O–H groups in total. The molecule has 0 aliphatic rings. The number of hydrogen-bond donors (Lipinski definition) is 2. The lowest BCUT2D eigenvalue weighted by Gasteiger charge is -2.03. The highest BCUT2D eigenvalue weighted by Gasteiger charge is 2.16. The van der Waals surface area contributed by atoms with E-state index >= 15 is 0 Å². The maximum Gasteiger partial charge on any atom is 0.339 e. The number of carboxylic acids is 1. The van der Waals surface area contributed by atoms with Crippen LogP contribution in [0.2, 0.25) is 0 Å². The van der Waals surface area contributed by atoms with Crippen LogP contribution in [0.25, 0.3) is 10.9 Å². The Labute approximate surface area is 152 Å². The molecule has 0 bridgehead atoms.